The Morgan fingerprint density at radius 2 is 2.17 bits per heavy atom. The van der Waals surface area contributed by atoms with E-state index in [0.29, 0.717) is 30.3 Å². The fraction of sp³-hybridized carbons (Fsp3) is 0.529. The van der Waals surface area contributed by atoms with E-state index in [4.69, 9.17) is 17.0 Å². The minimum atomic E-state index is 0.0388. The molecule has 0 bridgehead atoms. The van der Waals surface area contributed by atoms with Crippen molar-refractivity contribution in [1.82, 2.24) is 10.2 Å². The summed E-state index contributed by atoms with van der Waals surface area (Å²) in [7, 11) is 0. The number of carbonyl (C=O) groups excluding carboxylic acids is 1. The van der Waals surface area contributed by atoms with Crippen LogP contribution >= 0.6 is 12.2 Å². The molecular formula is C17H25N3O2S. The third-order valence-corrected chi connectivity index (χ3v) is 4.18. The van der Waals surface area contributed by atoms with E-state index in [2.05, 4.69) is 10.6 Å². The number of rotatable bonds is 6. The van der Waals surface area contributed by atoms with Crippen LogP contribution in [-0.2, 0) is 4.74 Å². The molecule has 1 saturated heterocycles. The lowest BCUT2D eigenvalue weighted by Crippen LogP contribution is -2.35. The second kappa shape index (κ2) is 8.84. The van der Waals surface area contributed by atoms with Gasteiger partial charge in [-0.2, -0.15) is 0 Å². The van der Waals surface area contributed by atoms with Gasteiger partial charge in [-0.05, 0) is 57.1 Å². The zero-order valence-electron chi connectivity index (χ0n) is 13.8. The molecule has 0 spiro atoms. The van der Waals surface area contributed by atoms with Crippen LogP contribution in [0.3, 0.4) is 0 Å². The van der Waals surface area contributed by atoms with E-state index in [1.807, 2.05) is 38.1 Å². The van der Waals surface area contributed by atoms with Crippen molar-refractivity contribution in [3.63, 3.8) is 0 Å². The van der Waals surface area contributed by atoms with Crippen molar-refractivity contribution in [2.75, 3.05) is 31.6 Å². The summed E-state index contributed by atoms with van der Waals surface area (Å²) in [5, 5.41) is 6.85. The standard InChI is InChI=1S/C17H25N3O2S/c1-3-20(4-2)16(21)13-7-5-8-14(11-13)19-17(23)18-12-15-9-6-10-22-15/h5,7-8,11,15H,3-4,6,9-10,12H2,1-2H3,(H2,18,19,23)/t15-/m1/s1. The van der Waals surface area contributed by atoms with Gasteiger partial charge in [-0.3, -0.25) is 4.79 Å². The van der Waals surface area contributed by atoms with Crippen LogP contribution in [0.2, 0.25) is 0 Å². The second-order valence-electron chi connectivity index (χ2n) is 5.53. The first-order chi connectivity index (χ1) is 11.1. The van der Waals surface area contributed by atoms with Crippen LogP contribution in [0.4, 0.5) is 5.69 Å². The number of benzene rings is 1. The first-order valence-electron chi connectivity index (χ1n) is 8.19. The molecule has 0 radical (unpaired) electrons. The molecule has 1 aromatic carbocycles. The van der Waals surface area contributed by atoms with E-state index >= 15 is 0 Å². The van der Waals surface area contributed by atoms with E-state index in [-0.39, 0.29) is 12.0 Å². The van der Waals surface area contributed by atoms with E-state index in [1.165, 1.54) is 0 Å². The molecule has 126 valence electrons. The summed E-state index contributed by atoms with van der Waals surface area (Å²) in [6.07, 6.45) is 2.43. The molecule has 5 nitrogen and oxygen atoms in total. The molecule has 6 heteroatoms. The van der Waals surface area contributed by atoms with Gasteiger partial charge in [-0.25, -0.2) is 0 Å². The van der Waals surface area contributed by atoms with Gasteiger partial charge in [0.1, 0.15) is 0 Å². The Hall–Kier alpha value is -1.66. The second-order valence-corrected chi connectivity index (χ2v) is 5.94. The lowest BCUT2D eigenvalue weighted by atomic mass is 10.1. The minimum Gasteiger partial charge on any atom is -0.376 e. The average Bonchev–Trinajstić information content (AvgIpc) is 3.08. The highest BCUT2D eigenvalue weighted by Crippen LogP contribution is 2.13. The number of nitrogens with one attached hydrogen (secondary N) is 2. The zero-order chi connectivity index (χ0) is 16.7. The molecule has 0 unspecified atom stereocenters. The van der Waals surface area contributed by atoms with Gasteiger partial charge in [0.05, 0.1) is 6.10 Å². The van der Waals surface area contributed by atoms with Crippen molar-refractivity contribution in [3.8, 4) is 0 Å². The smallest absolute Gasteiger partial charge is 0.253 e. The van der Waals surface area contributed by atoms with E-state index in [9.17, 15) is 4.79 Å². The number of carbonyl (C=O) groups is 1. The Balaban J connectivity index is 1.91. The maximum atomic E-state index is 12.4. The molecule has 0 aliphatic carbocycles. The lowest BCUT2D eigenvalue weighted by molar-refractivity contribution is 0.0773. The molecule has 0 saturated carbocycles. The Morgan fingerprint density at radius 3 is 2.83 bits per heavy atom. The van der Waals surface area contributed by atoms with E-state index < -0.39 is 0 Å². The van der Waals surface area contributed by atoms with E-state index in [0.717, 1.165) is 25.1 Å². The predicted octanol–water partition coefficient (Wildman–Crippen LogP) is 2.63. The van der Waals surface area contributed by atoms with Crippen LogP contribution in [0.1, 0.15) is 37.0 Å². The fourth-order valence-corrected chi connectivity index (χ4v) is 2.81. The summed E-state index contributed by atoms with van der Waals surface area (Å²) in [4.78, 5) is 14.2. The molecule has 2 rings (SSSR count). The number of hydrogen-bond donors (Lipinski definition) is 2. The summed E-state index contributed by atoms with van der Waals surface area (Å²) < 4.78 is 5.56. The molecule has 1 aliphatic heterocycles. The molecule has 1 aliphatic rings. The zero-order valence-corrected chi connectivity index (χ0v) is 14.6. The quantitative estimate of drug-likeness (QED) is 0.783. The molecule has 1 atom stereocenters. The van der Waals surface area contributed by atoms with Gasteiger partial charge in [0.25, 0.3) is 5.91 Å². The summed E-state index contributed by atoms with van der Waals surface area (Å²) >= 11 is 5.30. The number of ether oxygens (including phenoxy) is 1. The molecule has 1 fully saturated rings. The highest BCUT2D eigenvalue weighted by Gasteiger charge is 2.16. The molecule has 1 amide bonds. The van der Waals surface area contributed by atoms with Crippen molar-refractivity contribution < 1.29 is 9.53 Å². The molecule has 1 aromatic rings. The van der Waals surface area contributed by atoms with Crippen LogP contribution in [0.15, 0.2) is 24.3 Å². The van der Waals surface area contributed by atoms with Crippen molar-refractivity contribution in [2.45, 2.75) is 32.8 Å². The summed E-state index contributed by atoms with van der Waals surface area (Å²) in [5.41, 5.74) is 1.48. The van der Waals surface area contributed by atoms with Gasteiger partial charge in [-0.1, -0.05) is 6.07 Å². The van der Waals surface area contributed by atoms with Crippen LogP contribution in [0, 0.1) is 0 Å². The van der Waals surface area contributed by atoms with Gasteiger partial charge in [0, 0.05) is 37.5 Å². The molecule has 1 heterocycles. The first kappa shape index (κ1) is 17.7. The number of amides is 1. The summed E-state index contributed by atoms with van der Waals surface area (Å²) in [6, 6.07) is 7.43. The Kier molecular flexibility index (Phi) is 6.80. The Bertz CT molecular complexity index is 540. The predicted molar refractivity (Wildman–Crippen MR) is 96.9 cm³/mol. The number of hydrogen-bond acceptors (Lipinski definition) is 3. The first-order valence-corrected chi connectivity index (χ1v) is 8.60. The maximum Gasteiger partial charge on any atom is 0.253 e. The molecular weight excluding hydrogens is 310 g/mol. The fourth-order valence-electron chi connectivity index (χ4n) is 2.61. The lowest BCUT2D eigenvalue weighted by Gasteiger charge is -2.19. The van der Waals surface area contributed by atoms with Crippen LogP contribution in [-0.4, -0.2) is 48.3 Å². The van der Waals surface area contributed by atoms with Gasteiger partial charge < -0.3 is 20.3 Å². The third-order valence-electron chi connectivity index (χ3n) is 3.93. The number of nitrogens with zero attached hydrogens (tertiary/aromatic N) is 1. The Morgan fingerprint density at radius 1 is 1.39 bits per heavy atom. The largest absolute Gasteiger partial charge is 0.376 e. The SMILES string of the molecule is CCN(CC)C(=O)c1cccc(NC(=S)NC[C@H]2CCCO2)c1. The molecule has 2 N–H and O–H groups in total. The van der Waals surface area contributed by atoms with Gasteiger partial charge in [0.15, 0.2) is 5.11 Å². The molecule has 0 aromatic heterocycles. The van der Waals surface area contributed by atoms with Crippen LogP contribution in [0.5, 0.6) is 0 Å². The highest BCUT2D eigenvalue weighted by atomic mass is 32.1. The Labute approximate surface area is 143 Å². The third kappa shape index (κ3) is 5.18. The molecule has 23 heavy (non-hydrogen) atoms. The highest BCUT2D eigenvalue weighted by molar-refractivity contribution is 7.80. The van der Waals surface area contributed by atoms with Crippen LogP contribution in [0.25, 0.3) is 0 Å². The monoisotopic (exact) mass is 335 g/mol. The maximum absolute atomic E-state index is 12.4. The van der Waals surface area contributed by atoms with Gasteiger partial charge in [0.2, 0.25) is 0 Å². The summed E-state index contributed by atoms with van der Waals surface area (Å²) in [6.45, 7) is 6.91. The van der Waals surface area contributed by atoms with Crippen molar-refractivity contribution in [2.24, 2.45) is 0 Å². The van der Waals surface area contributed by atoms with Crippen molar-refractivity contribution >= 4 is 28.9 Å². The topological polar surface area (TPSA) is 53.6 Å². The van der Waals surface area contributed by atoms with Gasteiger partial charge >= 0.3 is 0 Å². The average molecular weight is 335 g/mol. The normalized spacial score (nSPS) is 16.9. The van der Waals surface area contributed by atoms with Gasteiger partial charge in [-0.15, -0.1) is 0 Å². The summed E-state index contributed by atoms with van der Waals surface area (Å²) in [5.74, 6) is 0.0388. The van der Waals surface area contributed by atoms with Crippen molar-refractivity contribution in [1.29, 1.82) is 0 Å². The van der Waals surface area contributed by atoms with Crippen molar-refractivity contribution in [3.05, 3.63) is 29.8 Å². The number of anilines is 1. The number of thiocarbonyl (C=S) groups is 1. The van der Waals surface area contributed by atoms with E-state index in [1.54, 1.807) is 4.90 Å². The minimum absolute atomic E-state index is 0.0388. The van der Waals surface area contributed by atoms with Crippen LogP contribution < -0.4 is 10.6 Å².